The van der Waals surface area contributed by atoms with Gasteiger partial charge in [0.25, 0.3) is 0 Å². The predicted octanol–water partition coefficient (Wildman–Crippen LogP) is -1.93. The molecule has 0 aromatic carbocycles. The summed E-state index contributed by atoms with van der Waals surface area (Å²) in [7, 11) is 0. The normalized spacial score (nSPS) is 37.4. The highest BCUT2D eigenvalue weighted by atomic mass is 19.4. The van der Waals surface area contributed by atoms with E-state index in [-0.39, 0.29) is 24.9 Å². The lowest BCUT2D eigenvalue weighted by atomic mass is 9.68. The maximum absolute atomic E-state index is 13.4. The summed E-state index contributed by atoms with van der Waals surface area (Å²) >= 11 is 0. The summed E-state index contributed by atoms with van der Waals surface area (Å²) in [6, 6.07) is -2.72. The maximum Gasteiger partial charge on any atom is 0.404 e. The average molecular weight is 420 g/mol. The van der Waals surface area contributed by atoms with Crippen LogP contribution in [0.1, 0.15) is 19.3 Å². The topological polar surface area (TPSA) is 176 Å². The Hall–Kier alpha value is -2.77. The first-order chi connectivity index (χ1) is 13.4. The molecule has 1 saturated heterocycles. The number of rotatable bonds is 3. The van der Waals surface area contributed by atoms with Crippen molar-refractivity contribution < 1.29 is 37.7 Å². The number of hydrogen-bond acceptors (Lipinski definition) is 10. The summed E-state index contributed by atoms with van der Waals surface area (Å²) in [6.45, 7) is -0.311. The molecule has 0 bridgehead atoms. The molecule has 14 heteroatoms. The molecule has 3 aliphatic heterocycles. The number of ether oxygens (including phenoxy) is 1. The van der Waals surface area contributed by atoms with E-state index in [1.54, 1.807) is 0 Å². The molecule has 0 radical (unpaired) electrons. The summed E-state index contributed by atoms with van der Waals surface area (Å²) in [6.07, 6.45) is -8.44. The van der Waals surface area contributed by atoms with Gasteiger partial charge in [-0.25, -0.2) is 14.8 Å². The standard InChI is InChI=1S/C15H19F3N6O5/c16-15(17,18)13(2-1-3-13)10(28)29-5-4-24-12(20)21-6(9(26)27)7-14(24,8(5)25)23-11(19)22-7/h5-8,25H,1-4H2,(H2,20,21)(H,26,27)(H3,19,22,23)/t5-,6?,7?,8+,14?/m0/s1. The van der Waals surface area contributed by atoms with Gasteiger partial charge in [-0.15, -0.1) is 0 Å². The van der Waals surface area contributed by atoms with E-state index in [0.29, 0.717) is 0 Å². The molecule has 0 aromatic rings. The highest BCUT2D eigenvalue weighted by Crippen LogP contribution is 2.54. The third-order valence-corrected chi connectivity index (χ3v) is 6.17. The van der Waals surface area contributed by atoms with Crippen molar-refractivity contribution in [3.8, 4) is 0 Å². The van der Waals surface area contributed by atoms with Crippen LogP contribution in [-0.2, 0) is 14.3 Å². The van der Waals surface area contributed by atoms with Gasteiger partial charge in [-0.05, 0) is 12.8 Å². The number of aliphatic hydroxyl groups is 1. The Morgan fingerprint density at radius 3 is 2.45 bits per heavy atom. The van der Waals surface area contributed by atoms with E-state index in [0.717, 1.165) is 0 Å². The van der Waals surface area contributed by atoms with Gasteiger partial charge >= 0.3 is 18.1 Å². The number of alkyl halides is 3. The van der Waals surface area contributed by atoms with Crippen LogP contribution in [0.5, 0.6) is 0 Å². The number of nitrogens with one attached hydrogen (secondary N) is 1. The van der Waals surface area contributed by atoms with Crippen molar-refractivity contribution in [3.63, 3.8) is 0 Å². The molecule has 0 amide bonds. The summed E-state index contributed by atoms with van der Waals surface area (Å²) in [5.74, 6) is -3.36. The lowest BCUT2D eigenvalue weighted by molar-refractivity contribution is -0.258. The second-order valence-electron chi connectivity index (χ2n) is 7.61. The van der Waals surface area contributed by atoms with Crippen molar-refractivity contribution in [1.82, 2.24) is 10.2 Å². The van der Waals surface area contributed by atoms with Crippen molar-refractivity contribution >= 4 is 23.9 Å². The molecular formula is C15H19F3N6O5. The third kappa shape index (κ3) is 2.41. The summed E-state index contributed by atoms with van der Waals surface area (Å²) in [5.41, 5.74) is 7.22. The quantitative estimate of drug-likeness (QED) is 0.326. The zero-order chi connectivity index (χ0) is 21.4. The van der Waals surface area contributed by atoms with Crippen LogP contribution < -0.4 is 16.8 Å². The minimum absolute atomic E-state index is 0.201. The Balaban J connectivity index is 1.64. The van der Waals surface area contributed by atoms with Crippen LogP contribution in [-0.4, -0.2) is 81.6 Å². The van der Waals surface area contributed by atoms with Gasteiger partial charge in [0.1, 0.15) is 18.2 Å². The van der Waals surface area contributed by atoms with Gasteiger partial charge in [-0.3, -0.25) is 4.79 Å². The number of carboxylic acids is 1. The highest BCUT2D eigenvalue weighted by molar-refractivity contribution is 5.91. The number of aliphatic carboxylic acids is 1. The van der Waals surface area contributed by atoms with Crippen LogP contribution in [0.15, 0.2) is 9.98 Å². The summed E-state index contributed by atoms with van der Waals surface area (Å²) < 4.78 is 45.3. The van der Waals surface area contributed by atoms with Crippen molar-refractivity contribution in [2.75, 3.05) is 6.54 Å². The number of hydrogen-bond donors (Lipinski definition) is 5. The summed E-state index contributed by atoms with van der Waals surface area (Å²) in [4.78, 5) is 33.0. The fourth-order valence-corrected chi connectivity index (χ4v) is 4.46. The fourth-order valence-electron chi connectivity index (χ4n) is 4.46. The molecule has 3 heterocycles. The molecule has 1 aliphatic carbocycles. The summed E-state index contributed by atoms with van der Waals surface area (Å²) in [5, 5.41) is 23.0. The molecule has 4 aliphatic rings. The molecule has 29 heavy (non-hydrogen) atoms. The van der Waals surface area contributed by atoms with Crippen LogP contribution in [0.3, 0.4) is 0 Å². The smallest absolute Gasteiger partial charge is 0.404 e. The highest BCUT2D eigenvalue weighted by Gasteiger charge is 2.69. The Kier molecular flexibility index (Phi) is 3.96. The number of carbonyl (C=O) groups excluding carboxylic acids is 1. The van der Waals surface area contributed by atoms with Gasteiger partial charge in [-0.1, -0.05) is 6.42 Å². The SMILES string of the molecule is NC1=NC2C(C(=O)O)N=C(N)N3C[C@H](OC(=O)C4(C(F)(F)F)CCC4)[C@@H](O)C23N1. The van der Waals surface area contributed by atoms with E-state index in [4.69, 9.17) is 16.2 Å². The molecule has 160 valence electrons. The lowest BCUT2D eigenvalue weighted by Crippen LogP contribution is -2.73. The molecule has 1 spiro atoms. The number of aliphatic imine (C=N–C) groups is 2. The number of halogens is 3. The minimum atomic E-state index is -4.78. The lowest BCUT2D eigenvalue weighted by Gasteiger charge is -2.45. The molecular weight excluding hydrogens is 401 g/mol. The van der Waals surface area contributed by atoms with Gasteiger partial charge in [0.05, 0.1) is 6.54 Å². The number of carboxylic acid groups (broad SMARTS) is 1. The monoisotopic (exact) mass is 420 g/mol. The van der Waals surface area contributed by atoms with Crippen LogP contribution in [0, 0.1) is 5.41 Å². The largest absolute Gasteiger partial charge is 0.480 e. The van der Waals surface area contributed by atoms with Crippen molar-refractivity contribution in [2.24, 2.45) is 26.9 Å². The molecule has 1 saturated carbocycles. The van der Waals surface area contributed by atoms with Gasteiger partial charge in [-0.2, -0.15) is 13.2 Å². The average Bonchev–Trinajstić information content (AvgIpc) is 3.03. The Labute approximate surface area is 161 Å². The van der Waals surface area contributed by atoms with Gasteiger partial charge in [0, 0.05) is 0 Å². The van der Waals surface area contributed by atoms with Crippen molar-refractivity contribution in [3.05, 3.63) is 0 Å². The minimum Gasteiger partial charge on any atom is -0.480 e. The van der Waals surface area contributed by atoms with Crippen molar-refractivity contribution in [1.29, 1.82) is 0 Å². The predicted molar refractivity (Wildman–Crippen MR) is 89.3 cm³/mol. The van der Waals surface area contributed by atoms with Gasteiger partial charge in [0.2, 0.25) is 0 Å². The number of carbonyl (C=O) groups is 2. The van der Waals surface area contributed by atoms with Crippen molar-refractivity contribution in [2.45, 2.75) is 55.4 Å². The first-order valence-electron chi connectivity index (χ1n) is 8.85. The Bertz CT molecular complexity index is 828. The van der Waals surface area contributed by atoms with Crippen LogP contribution in [0.4, 0.5) is 13.2 Å². The molecule has 7 N–H and O–H groups in total. The van der Waals surface area contributed by atoms with E-state index in [2.05, 4.69) is 15.3 Å². The first-order valence-corrected chi connectivity index (χ1v) is 8.85. The fraction of sp³-hybridized carbons (Fsp3) is 0.733. The second-order valence-corrected chi connectivity index (χ2v) is 7.61. The molecule has 5 atom stereocenters. The Morgan fingerprint density at radius 2 is 1.93 bits per heavy atom. The number of nitrogens with zero attached hydrogens (tertiary/aromatic N) is 3. The van der Waals surface area contributed by atoms with Gasteiger partial charge < -0.3 is 36.6 Å². The maximum atomic E-state index is 13.4. The molecule has 3 unspecified atom stereocenters. The molecule has 4 rings (SSSR count). The molecule has 11 nitrogen and oxygen atoms in total. The van der Waals surface area contributed by atoms with E-state index in [1.165, 1.54) is 4.90 Å². The number of nitrogens with two attached hydrogens (primary N) is 2. The van der Waals surface area contributed by atoms with Gasteiger partial charge in [0.15, 0.2) is 29.0 Å². The van der Waals surface area contributed by atoms with Crippen LogP contribution in [0.2, 0.25) is 0 Å². The molecule has 0 aromatic heterocycles. The van der Waals surface area contributed by atoms with E-state index >= 15 is 0 Å². The second kappa shape index (κ2) is 5.87. The number of aliphatic hydroxyl groups excluding tert-OH is 1. The van der Waals surface area contributed by atoms with Crippen LogP contribution >= 0.6 is 0 Å². The zero-order valence-electron chi connectivity index (χ0n) is 14.9. The number of esters is 1. The Morgan fingerprint density at radius 1 is 1.28 bits per heavy atom. The third-order valence-electron chi connectivity index (χ3n) is 6.17. The van der Waals surface area contributed by atoms with Crippen LogP contribution in [0.25, 0.3) is 0 Å². The molecule has 2 fully saturated rings. The zero-order valence-corrected chi connectivity index (χ0v) is 14.9. The number of guanidine groups is 2. The van der Waals surface area contributed by atoms with E-state index in [1.807, 2.05) is 0 Å². The first kappa shape index (κ1) is 19.5. The van der Waals surface area contributed by atoms with E-state index in [9.17, 15) is 33.0 Å². The van der Waals surface area contributed by atoms with E-state index < -0.39 is 66.3 Å².